The molecule has 0 unspecified atom stereocenters. The second kappa shape index (κ2) is 6.91. The molecule has 0 saturated carbocycles. The van der Waals surface area contributed by atoms with E-state index in [4.69, 9.17) is 14.3 Å². The van der Waals surface area contributed by atoms with E-state index in [0.29, 0.717) is 5.71 Å². The van der Waals surface area contributed by atoms with Crippen molar-refractivity contribution in [1.82, 2.24) is 0 Å². The van der Waals surface area contributed by atoms with Gasteiger partial charge in [-0.05, 0) is 31.5 Å². The van der Waals surface area contributed by atoms with Crippen LogP contribution in [0.5, 0.6) is 0 Å². The first kappa shape index (κ1) is 16.5. The molecule has 1 heterocycles. The molecule has 1 aromatic carbocycles. The fourth-order valence-electron chi connectivity index (χ4n) is 2.03. The van der Waals surface area contributed by atoms with Gasteiger partial charge in [0, 0.05) is 4.47 Å². The zero-order chi connectivity index (χ0) is 16.2. The van der Waals surface area contributed by atoms with E-state index in [2.05, 4.69) is 21.1 Å². The molecule has 1 aromatic rings. The highest BCUT2D eigenvalue weighted by molar-refractivity contribution is 9.10. The fraction of sp³-hybridized carbons (Fsp3) is 0.400. The van der Waals surface area contributed by atoms with Crippen LogP contribution < -0.4 is 0 Å². The molecule has 118 valence electrons. The van der Waals surface area contributed by atoms with E-state index in [1.54, 1.807) is 13.8 Å². The van der Waals surface area contributed by atoms with Crippen molar-refractivity contribution >= 4 is 33.6 Å². The number of halogens is 1. The van der Waals surface area contributed by atoms with Crippen molar-refractivity contribution in [3.8, 4) is 0 Å². The summed E-state index contributed by atoms with van der Waals surface area (Å²) in [6, 6.07) is 7.32. The maximum atomic E-state index is 12.2. The normalized spacial score (nSPS) is 15.7. The van der Waals surface area contributed by atoms with Gasteiger partial charge < -0.3 is 14.3 Å². The number of esters is 2. The maximum absolute atomic E-state index is 12.2. The molecule has 1 aliphatic rings. The standard InChI is InChI=1S/C15H16BrNO5/c1-3-20-13(18)15(14(19)21-4-2)9-12(17-22-15)10-5-7-11(16)8-6-10/h5-8H,3-4,9H2,1-2H3. The summed E-state index contributed by atoms with van der Waals surface area (Å²) in [6.45, 7) is 3.58. The Balaban J connectivity index is 2.26. The zero-order valence-electron chi connectivity index (χ0n) is 12.3. The van der Waals surface area contributed by atoms with Crippen LogP contribution in [-0.4, -0.2) is 36.5 Å². The highest BCUT2D eigenvalue weighted by Gasteiger charge is 2.56. The second-order valence-electron chi connectivity index (χ2n) is 4.58. The Morgan fingerprint density at radius 2 is 1.73 bits per heavy atom. The van der Waals surface area contributed by atoms with Gasteiger partial charge in [-0.15, -0.1) is 0 Å². The minimum Gasteiger partial charge on any atom is -0.462 e. The van der Waals surface area contributed by atoms with Gasteiger partial charge in [0.15, 0.2) is 0 Å². The summed E-state index contributed by atoms with van der Waals surface area (Å²) >= 11 is 3.34. The molecule has 6 nitrogen and oxygen atoms in total. The molecule has 0 amide bonds. The van der Waals surface area contributed by atoms with E-state index < -0.39 is 17.5 Å². The van der Waals surface area contributed by atoms with Crippen molar-refractivity contribution < 1.29 is 23.9 Å². The van der Waals surface area contributed by atoms with Crippen LogP contribution in [0.25, 0.3) is 0 Å². The first-order valence-electron chi connectivity index (χ1n) is 6.89. The van der Waals surface area contributed by atoms with E-state index in [1.165, 1.54) is 0 Å². The Morgan fingerprint density at radius 1 is 1.18 bits per heavy atom. The van der Waals surface area contributed by atoms with Gasteiger partial charge in [-0.2, -0.15) is 0 Å². The molecule has 0 aliphatic carbocycles. The zero-order valence-corrected chi connectivity index (χ0v) is 13.9. The lowest BCUT2D eigenvalue weighted by Gasteiger charge is -2.21. The summed E-state index contributed by atoms with van der Waals surface area (Å²) in [6.07, 6.45) is -0.0215. The minimum absolute atomic E-state index is 0.0215. The summed E-state index contributed by atoms with van der Waals surface area (Å²) in [4.78, 5) is 29.6. The number of carbonyl (C=O) groups is 2. The van der Waals surface area contributed by atoms with Crippen molar-refractivity contribution in [2.75, 3.05) is 13.2 Å². The van der Waals surface area contributed by atoms with Crippen LogP contribution in [-0.2, 0) is 23.9 Å². The number of hydrogen-bond acceptors (Lipinski definition) is 6. The molecular weight excluding hydrogens is 354 g/mol. The van der Waals surface area contributed by atoms with Gasteiger partial charge in [0.2, 0.25) is 0 Å². The van der Waals surface area contributed by atoms with E-state index in [0.717, 1.165) is 10.0 Å². The first-order chi connectivity index (χ1) is 10.5. The quantitative estimate of drug-likeness (QED) is 0.588. The largest absolute Gasteiger partial charge is 0.462 e. The predicted molar refractivity (Wildman–Crippen MR) is 82.4 cm³/mol. The Hall–Kier alpha value is -1.89. The lowest BCUT2D eigenvalue weighted by molar-refractivity contribution is -0.187. The smallest absolute Gasteiger partial charge is 0.365 e. The van der Waals surface area contributed by atoms with E-state index in [9.17, 15) is 9.59 Å². The SMILES string of the molecule is CCOC(=O)C1(C(=O)OCC)CC(c2ccc(Br)cc2)=NO1. The Kier molecular flexibility index (Phi) is 5.18. The number of hydrogen-bond donors (Lipinski definition) is 0. The first-order valence-corrected chi connectivity index (χ1v) is 7.68. The van der Waals surface area contributed by atoms with E-state index in [1.807, 2.05) is 24.3 Å². The molecule has 0 N–H and O–H groups in total. The predicted octanol–water partition coefficient (Wildman–Crippen LogP) is 2.44. The average Bonchev–Trinajstić information content (AvgIpc) is 2.95. The lowest BCUT2D eigenvalue weighted by Crippen LogP contribution is -2.49. The van der Waals surface area contributed by atoms with Gasteiger partial charge in [-0.3, -0.25) is 0 Å². The van der Waals surface area contributed by atoms with Crippen LogP contribution in [0, 0.1) is 0 Å². The summed E-state index contributed by atoms with van der Waals surface area (Å²) in [5, 5.41) is 3.90. The summed E-state index contributed by atoms with van der Waals surface area (Å²) < 4.78 is 10.8. The number of rotatable bonds is 5. The lowest BCUT2D eigenvalue weighted by atomic mass is 9.94. The van der Waals surface area contributed by atoms with Crippen LogP contribution in [0.2, 0.25) is 0 Å². The van der Waals surface area contributed by atoms with Crippen molar-refractivity contribution in [3.63, 3.8) is 0 Å². The van der Waals surface area contributed by atoms with Gasteiger partial charge in [-0.1, -0.05) is 33.2 Å². The van der Waals surface area contributed by atoms with Gasteiger partial charge in [0.25, 0.3) is 0 Å². The monoisotopic (exact) mass is 369 g/mol. The molecule has 1 aliphatic heterocycles. The topological polar surface area (TPSA) is 74.2 Å². The van der Waals surface area contributed by atoms with E-state index in [-0.39, 0.29) is 19.6 Å². The van der Waals surface area contributed by atoms with Gasteiger partial charge >= 0.3 is 17.5 Å². The molecule has 0 saturated heterocycles. The molecule has 0 fully saturated rings. The van der Waals surface area contributed by atoms with E-state index >= 15 is 0 Å². The Bertz CT molecular complexity index is 578. The fourth-order valence-corrected chi connectivity index (χ4v) is 2.29. The van der Waals surface area contributed by atoms with Gasteiger partial charge in [0.1, 0.15) is 0 Å². The van der Waals surface area contributed by atoms with Crippen molar-refractivity contribution in [3.05, 3.63) is 34.3 Å². The molecule has 7 heteroatoms. The Morgan fingerprint density at radius 3 is 2.23 bits per heavy atom. The molecular formula is C15H16BrNO5. The van der Waals surface area contributed by atoms with Crippen LogP contribution in [0.1, 0.15) is 25.8 Å². The second-order valence-corrected chi connectivity index (χ2v) is 5.50. The van der Waals surface area contributed by atoms with Gasteiger partial charge in [-0.25, -0.2) is 9.59 Å². The maximum Gasteiger partial charge on any atom is 0.365 e. The number of ether oxygens (including phenoxy) is 2. The van der Waals surface area contributed by atoms with Crippen LogP contribution in [0.4, 0.5) is 0 Å². The summed E-state index contributed by atoms with van der Waals surface area (Å²) in [5.74, 6) is -1.58. The van der Waals surface area contributed by atoms with Crippen LogP contribution >= 0.6 is 15.9 Å². The van der Waals surface area contributed by atoms with Crippen LogP contribution in [0.3, 0.4) is 0 Å². The minimum atomic E-state index is -1.85. The molecule has 0 bridgehead atoms. The molecule has 2 rings (SSSR count). The van der Waals surface area contributed by atoms with Crippen LogP contribution in [0.15, 0.2) is 33.9 Å². The number of benzene rings is 1. The molecule has 0 atom stereocenters. The highest BCUT2D eigenvalue weighted by atomic mass is 79.9. The molecule has 0 aromatic heterocycles. The number of nitrogens with zero attached hydrogens (tertiary/aromatic N) is 1. The molecule has 0 radical (unpaired) electrons. The summed E-state index contributed by atoms with van der Waals surface area (Å²) in [5.41, 5.74) is -0.596. The van der Waals surface area contributed by atoms with Crippen molar-refractivity contribution in [2.24, 2.45) is 5.16 Å². The van der Waals surface area contributed by atoms with Crippen molar-refractivity contribution in [2.45, 2.75) is 25.9 Å². The third kappa shape index (κ3) is 3.14. The average molecular weight is 370 g/mol. The third-order valence-corrected chi connectivity index (χ3v) is 3.64. The summed E-state index contributed by atoms with van der Waals surface area (Å²) in [7, 11) is 0. The third-order valence-electron chi connectivity index (χ3n) is 3.12. The number of carbonyl (C=O) groups excluding carboxylic acids is 2. The number of oxime groups is 1. The van der Waals surface area contributed by atoms with Gasteiger partial charge in [0.05, 0.1) is 25.3 Å². The highest BCUT2D eigenvalue weighted by Crippen LogP contribution is 2.30. The van der Waals surface area contributed by atoms with Crippen molar-refractivity contribution in [1.29, 1.82) is 0 Å². The molecule has 0 spiro atoms. The molecule has 22 heavy (non-hydrogen) atoms. The Labute approximate surface area is 136 Å².